The molecule has 41 heavy (non-hydrogen) atoms. The van der Waals surface area contributed by atoms with Crippen molar-refractivity contribution in [2.75, 3.05) is 7.11 Å². The average molecular weight is 623 g/mol. The van der Waals surface area contributed by atoms with Crippen molar-refractivity contribution in [3.05, 3.63) is 108 Å². The zero-order chi connectivity index (χ0) is 29.2. The Morgan fingerprint density at radius 1 is 0.732 bits per heavy atom. The van der Waals surface area contributed by atoms with Crippen LogP contribution in [0.4, 0.5) is 0 Å². The molecule has 1 fully saturated rings. The van der Waals surface area contributed by atoms with Crippen molar-refractivity contribution in [2.24, 2.45) is 0 Å². The summed E-state index contributed by atoms with van der Waals surface area (Å²) in [6.45, 7) is 0.439. The molecule has 5 atom stereocenters. The molecule has 0 aliphatic carbocycles. The number of ether oxygens (including phenoxy) is 6. The van der Waals surface area contributed by atoms with Crippen LogP contribution in [0.25, 0.3) is 0 Å². The molecule has 1 aliphatic heterocycles. The molecule has 11 heteroatoms. The molecule has 1 saturated heterocycles. The van der Waals surface area contributed by atoms with E-state index in [-0.39, 0.29) is 19.8 Å². The van der Waals surface area contributed by atoms with E-state index in [1.807, 2.05) is 91.0 Å². The van der Waals surface area contributed by atoms with E-state index in [1.165, 1.54) is 7.11 Å². The smallest absolute Gasteiger partial charge is 0.338 e. The third kappa shape index (κ3) is 8.90. The first-order chi connectivity index (χ1) is 19.8. The minimum Gasteiger partial charge on any atom is -0.467 e. The van der Waals surface area contributed by atoms with Gasteiger partial charge in [0.15, 0.2) is 6.10 Å². The first-order valence-electron chi connectivity index (χ1n) is 12.8. The first kappa shape index (κ1) is 31.3. The van der Waals surface area contributed by atoms with Crippen molar-refractivity contribution in [1.82, 2.24) is 0 Å². The van der Waals surface area contributed by atoms with Gasteiger partial charge < -0.3 is 28.4 Å². The summed E-state index contributed by atoms with van der Waals surface area (Å²) in [7, 11) is 1.23. The van der Waals surface area contributed by atoms with E-state index in [0.717, 1.165) is 16.7 Å². The maximum Gasteiger partial charge on any atom is 0.338 e. The van der Waals surface area contributed by atoms with Gasteiger partial charge in [0.2, 0.25) is 12.2 Å². The van der Waals surface area contributed by atoms with Gasteiger partial charge in [0, 0.05) is 0 Å². The lowest BCUT2D eigenvalue weighted by Gasteiger charge is -2.44. The molecule has 218 valence electrons. The van der Waals surface area contributed by atoms with Crippen LogP contribution in [0.15, 0.2) is 91.0 Å². The second-order valence-electron chi connectivity index (χ2n) is 9.18. The fraction of sp³-hybridized carbons (Fsp3) is 0.333. The fourth-order valence-electron chi connectivity index (χ4n) is 4.24. The number of methoxy groups -OCH3 is 1. The van der Waals surface area contributed by atoms with Crippen LogP contribution >= 0.6 is 34.8 Å². The Balaban J connectivity index is 1.70. The highest BCUT2D eigenvalue weighted by Crippen LogP contribution is 2.34. The summed E-state index contributed by atoms with van der Waals surface area (Å²) in [6, 6.07) is 28.4. The monoisotopic (exact) mass is 621 g/mol. The van der Waals surface area contributed by atoms with Gasteiger partial charge in [-0.3, -0.25) is 5.41 Å². The average Bonchev–Trinajstić information content (AvgIpc) is 2.99. The molecular formula is C30H30Cl3NO7. The molecule has 3 aromatic carbocycles. The van der Waals surface area contributed by atoms with Crippen LogP contribution in [-0.4, -0.2) is 53.5 Å². The number of rotatable bonds is 11. The van der Waals surface area contributed by atoms with Gasteiger partial charge in [-0.25, -0.2) is 4.79 Å². The molecule has 0 saturated carbocycles. The summed E-state index contributed by atoms with van der Waals surface area (Å²) in [5.74, 6) is -1.44. The molecule has 4 rings (SSSR count). The Hall–Kier alpha value is -2.69. The highest BCUT2D eigenvalue weighted by Gasteiger charge is 2.53. The molecule has 1 heterocycles. The number of alkyl halides is 3. The third-order valence-electron chi connectivity index (χ3n) is 6.28. The van der Waals surface area contributed by atoms with Gasteiger partial charge in [0.05, 0.1) is 26.9 Å². The van der Waals surface area contributed by atoms with Gasteiger partial charge in [-0.05, 0) is 16.7 Å². The number of hydrogen-bond donors (Lipinski definition) is 1. The van der Waals surface area contributed by atoms with E-state index < -0.39 is 46.4 Å². The van der Waals surface area contributed by atoms with Crippen molar-refractivity contribution >= 4 is 46.7 Å². The first-order valence-corrected chi connectivity index (χ1v) is 13.9. The third-order valence-corrected chi connectivity index (χ3v) is 6.79. The van der Waals surface area contributed by atoms with E-state index >= 15 is 0 Å². The van der Waals surface area contributed by atoms with E-state index in [2.05, 4.69) is 0 Å². The van der Waals surface area contributed by atoms with Crippen LogP contribution in [0, 0.1) is 5.41 Å². The maximum absolute atomic E-state index is 13.0. The van der Waals surface area contributed by atoms with E-state index in [1.54, 1.807) is 0 Å². The highest BCUT2D eigenvalue weighted by molar-refractivity contribution is 6.76. The molecular weight excluding hydrogens is 593 g/mol. The molecule has 0 unspecified atom stereocenters. The van der Waals surface area contributed by atoms with Crippen molar-refractivity contribution in [3.8, 4) is 0 Å². The molecule has 1 aliphatic rings. The number of carbonyl (C=O) groups is 1. The normalized spacial score (nSPS) is 22.6. The van der Waals surface area contributed by atoms with Gasteiger partial charge in [0.1, 0.15) is 18.3 Å². The zero-order valence-electron chi connectivity index (χ0n) is 22.2. The van der Waals surface area contributed by atoms with Crippen LogP contribution in [0.2, 0.25) is 0 Å². The topological polar surface area (TPSA) is 96.3 Å². The summed E-state index contributed by atoms with van der Waals surface area (Å²) in [5.41, 5.74) is 2.61. The Kier molecular flexibility index (Phi) is 11.4. The molecule has 1 N–H and O–H groups in total. The number of benzene rings is 3. The van der Waals surface area contributed by atoms with Crippen LogP contribution in [0.1, 0.15) is 16.7 Å². The van der Waals surface area contributed by atoms with Crippen LogP contribution in [0.3, 0.4) is 0 Å². The molecule has 0 bridgehead atoms. The summed E-state index contributed by atoms with van der Waals surface area (Å²) < 4.78 is 33.6. The second-order valence-corrected chi connectivity index (χ2v) is 11.5. The van der Waals surface area contributed by atoms with Crippen molar-refractivity contribution in [1.29, 1.82) is 5.41 Å². The number of nitrogens with one attached hydrogen (secondary N) is 1. The number of halogens is 3. The Labute approximate surface area is 253 Å². The SMILES string of the molecule is COC(=O)[C@H]1O[C@H](OC(=N)C(Cl)(Cl)Cl)[C@H](OCc2ccccc2)[C@@H](OCc2ccccc2)[C@@H]1OCc1ccccc1. The van der Waals surface area contributed by atoms with Crippen molar-refractivity contribution < 1.29 is 33.2 Å². The van der Waals surface area contributed by atoms with Gasteiger partial charge in [-0.1, -0.05) is 126 Å². The Morgan fingerprint density at radius 2 is 1.15 bits per heavy atom. The lowest BCUT2D eigenvalue weighted by molar-refractivity contribution is -0.305. The standard InChI is InChI=1S/C30H30Cl3NO7/c1-36-27(35)25-23(37-17-20-11-5-2-6-12-20)24(38-18-21-13-7-3-8-14-21)26(39-19-22-15-9-4-10-16-22)28(40-25)41-29(34)30(31,32)33/h2-16,23-26,28,34H,17-19H2,1H3/t23-,24-,25-,26+,28+/m0/s1. The van der Waals surface area contributed by atoms with E-state index in [0.29, 0.717) is 0 Å². The predicted molar refractivity (Wildman–Crippen MR) is 155 cm³/mol. The van der Waals surface area contributed by atoms with Crippen molar-refractivity contribution in [3.63, 3.8) is 0 Å². The van der Waals surface area contributed by atoms with Gasteiger partial charge in [0.25, 0.3) is 3.79 Å². The van der Waals surface area contributed by atoms with Gasteiger partial charge >= 0.3 is 5.97 Å². The van der Waals surface area contributed by atoms with Gasteiger partial charge in [-0.15, -0.1) is 0 Å². The maximum atomic E-state index is 13.0. The number of esters is 1. The predicted octanol–water partition coefficient (Wildman–Crippen LogP) is 6.00. The molecule has 0 aromatic heterocycles. The zero-order valence-corrected chi connectivity index (χ0v) is 24.4. The summed E-state index contributed by atoms with van der Waals surface area (Å²) >= 11 is 17.7. The summed E-state index contributed by atoms with van der Waals surface area (Å²) in [5, 5.41) is 8.18. The molecule has 0 amide bonds. The minimum atomic E-state index is -2.19. The summed E-state index contributed by atoms with van der Waals surface area (Å²) in [4.78, 5) is 13.0. The number of carbonyl (C=O) groups excluding carboxylic acids is 1. The second kappa shape index (κ2) is 15.0. The fourth-order valence-corrected chi connectivity index (χ4v) is 4.38. The minimum absolute atomic E-state index is 0.134. The quantitative estimate of drug-likeness (QED) is 0.121. The highest BCUT2D eigenvalue weighted by atomic mass is 35.6. The van der Waals surface area contributed by atoms with E-state index in [9.17, 15) is 4.79 Å². The van der Waals surface area contributed by atoms with Crippen LogP contribution in [-0.2, 0) is 53.0 Å². The lowest BCUT2D eigenvalue weighted by atomic mass is 9.97. The van der Waals surface area contributed by atoms with E-state index in [4.69, 9.17) is 68.6 Å². The summed E-state index contributed by atoms with van der Waals surface area (Å²) in [6.07, 6.45) is -5.64. The molecule has 0 spiro atoms. The molecule has 3 aromatic rings. The Bertz CT molecular complexity index is 1250. The molecule has 8 nitrogen and oxygen atoms in total. The largest absolute Gasteiger partial charge is 0.467 e. The van der Waals surface area contributed by atoms with Crippen molar-refractivity contribution in [2.45, 2.75) is 54.3 Å². The van der Waals surface area contributed by atoms with Crippen LogP contribution < -0.4 is 0 Å². The molecule has 0 radical (unpaired) electrons. The number of hydrogen-bond acceptors (Lipinski definition) is 8. The van der Waals surface area contributed by atoms with Crippen LogP contribution in [0.5, 0.6) is 0 Å². The lowest BCUT2D eigenvalue weighted by Crippen LogP contribution is -2.63. The van der Waals surface area contributed by atoms with Gasteiger partial charge in [-0.2, -0.15) is 0 Å². The Morgan fingerprint density at radius 3 is 1.56 bits per heavy atom.